The summed E-state index contributed by atoms with van der Waals surface area (Å²) in [7, 11) is 0. The molecule has 0 amide bonds. The van der Waals surface area contributed by atoms with Gasteiger partial charge in [-0.05, 0) is 18.9 Å². The van der Waals surface area contributed by atoms with E-state index in [1.807, 2.05) is 6.07 Å². The third kappa shape index (κ3) is 7.73. The van der Waals surface area contributed by atoms with Crippen LogP contribution >= 0.6 is 35.3 Å². The zero-order chi connectivity index (χ0) is 17.2. The number of benzene rings is 1. The van der Waals surface area contributed by atoms with Gasteiger partial charge in [-0.2, -0.15) is 0 Å². The first-order valence-electron chi connectivity index (χ1n) is 8.73. The molecule has 0 saturated carbocycles. The predicted octanol–water partition coefficient (Wildman–Crippen LogP) is 4.22. The molecular weight excluding hydrogens is 443 g/mol. The van der Waals surface area contributed by atoms with E-state index in [2.05, 4.69) is 66.0 Å². The van der Waals surface area contributed by atoms with Gasteiger partial charge in [0.1, 0.15) is 0 Å². The van der Waals surface area contributed by atoms with Gasteiger partial charge in [-0.1, -0.05) is 44.2 Å². The largest absolute Gasteiger partial charge is 0.357 e. The number of hydrogen-bond acceptors (Lipinski definition) is 3. The molecule has 0 spiro atoms. The lowest BCUT2D eigenvalue weighted by Gasteiger charge is -2.13. The second-order valence-electron chi connectivity index (χ2n) is 5.79. The summed E-state index contributed by atoms with van der Waals surface area (Å²) in [6.45, 7) is 8.93. The summed E-state index contributed by atoms with van der Waals surface area (Å²) in [6, 6.07) is 10.5. The smallest absolute Gasteiger partial charge is 0.191 e. The minimum absolute atomic E-state index is 0. The molecule has 25 heavy (non-hydrogen) atoms. The van der Waals surface area contributed by atoms with E-state index in [9.17, 15) is 0 Å². The van der Waals surface area contributed by atoms with Crippen molar-refractivity contribution in [3.05, 3.63) is 52.0 Å². The van der Waals surface area contributed by atoms with E-state index >= 15 is 0 Å². The van der Waals surface area contributed by atoms with E-state index in [1.165, 1.54) is 10.6 Å². The summed E-state index contributed by atoms with van der Waals surface area (Å²) < 4.78 is 0. The van der Waals surface area contributed by atoms with Gasteiger partial charge >= 0.3 is 0 Å². The third-order valence-corrected chi connectivity index (χ3v) is 4.85. The van der Waals surface area contributed by atoms with Crippen molar-refractivity contribution in [2.24, 2.45) is 4.99 Å². The predicted molar refractivity (Wildman–Crippen MR) is 119 cm³/mol. The van der Waals surface area contributed by atoms with E-state index < -0.39 is 0 Å². The van der Waals surface area contributed by atoms with Crippen molar-refractivity contribution in [2.75, 3.05) is 19.6 Å². The Morgan fingerprint density at radius 2 is 1.96 bits per heavy atom. The number of aromatic nitrogens is 1. The average Bonchev–Trinajstić information content (AvgIpc) is 3.08. The summed E-state index contributed by atoms with van der Waals surface area (Å²) in [4.78, 5) is 9.32. The SMILES string of the molecule is CCNC(=NCC(C)c1ccccc1)NCCc1csc(CC)n1.I. The van der Waals surface area contributed by atoms with Gasteiger partial charge in [-0.3, -0.25) is 4.99 Å². The van der Waals surface area contributed by atoms with Gasteiger partial charge in [-0.25, -0.2) is 4.98 Å². The van der Waals surface area contributed by atoms with Crippen molar-refractivity contribution in [3.8, 4) is 0 Å². The molecule has 1 aromatic heterocycles. The number of aryl methyl sites for hydroxylation is 1. The molecule has 0 fully saturated rings. The molecule has 2 aromatic rings. The number of hydrogen-bond donors (Lipinski definition) is 2. The van der Waals surface area contributed by atoms with Crippen LogP contribution in [-0.4, -0.2) is 30.6 Å². The summed E-state index contributed by atoms with van der Waals surface area (Å²) in [5.74, 6) is 1.29. The van der Waals surface area contributed by atoms with Crippen LogP contribution in [0.15, 0.2) is 40.7 Å². The Kier molecular flexibility index (Phi) is 10.7. The molecule has 1 aromatic carbocycles. The summed E-state index contributed by atoms with van der Waals surface area (Å²) >= 11 is 1.75. The molecule has 0 radical (unpaired) electrons. The number of nitrogens with zero attached hydrogens (tertiary/aromatic N) is 2. The second-order valence-corrected chi connectivity index (χ2v) is 6.74. The Balaban J connectivity index is 0.00000312. The average molecular weight is 472 g/mol. The fourth-order valence-corrected chi connectivity index (χ4v) is 3.17. The Morgan fingerprint density at radius 1 is 1.20 bits per heavy atom. The maximum atomic E-state index is 4.72. The molecule has 6 heteroatoms. The Labute approximate surface area is 172 Å². The van der Waals surface area contributed by atoms with Crippen LogP contribution in [-0.2, 0) is 12.8 Å². The van der Waals surface area contributed by atoms with E-state index in [0.29, 0.717) is 5.92 Å². The lowest BCUT2D eigenvalue weighted by atomic mass is 10.0. The highest BCUT2D eigenvalue weighted by Gasteiger charge is 2.05. The van der Waals surface area contributed by atoms with Crippen molar-refractivity contribution in [1.82, 2.24) is 15.6 Å². The standard InChI is InChI=1S/C19H28N4S.HI/c1-4-18-23-17(14-24-18)11-12-21-19(20-5-2)22-13-15(3)16-9-7-6-8-10-16;/h6-10,14-15H,4-5,11-13H2,1-3H3,(H2,20,21,22);1H. The molecule has 0 aliphatic heterocycles. The first-order valence-corrected chi connectivity index (χ1v) is 9.61. The fraction of sp³-hybridized carbons (Fsp3) is 0.474. The van der Waals surface area contributed by atoms with E-state index in [0.717, 1.165) is 44.1 Å². The van der Waals surface area contributed by atoms with E-state index in [-0.39, 0.29) is 24.0 Å². The van der Waals surface area contributed by atoms with Crippen LogP contribution in [0.3, 0.4) is 0 Å². The number of aliphatic imine (C=N–C) groups is 1. The molecule has 0 aliphatic rings. The van der Waals surface area contributed by atoms with Crippen LogP contribution in [0.1, 0.15) is 43.0 Å². The van der Waals surface area contributed by atoms with E-state index in [4.69, 9.17) is 4.99 Å². The molecule has 1 atom stereocenters. The normalized spacial score (nSPS) is 12.4. The molecular formula is C19H29IN4S. The first-order chi connectivity index (χ1) is 11.7. The van der Waals surface area contributed by atoms with Crippen LogP contribution in [0.25, 0.3) is 0 Å². The minimum Gasteiger partial charge on any atom is -0.357 e. The number of rotatable bonds is 8. The highest BCUT2D eigenvalue weighted by atomic mass is 127. The van der Waals surface area contributed by atoms with Gasteiger partial charge in [0.25, 0.3) is 0 Å². The monoisotopic (exact) mass is 472 g/mol. The van der Waals surface area contributed by atoms with Gasteiger partial charge in [-0.15, -0.1) is 35.3 Å². The molecule has 1 heterocycles. The number of thiazole rings is 1. The number of guanidine groups is 1. The molecule has 0 saturated heterocycles. The third-order valence-electron chi connectivity index (χ3n) is 3.81. The van der Waals surface area contributed by atoms with Crippen LogP contribution in [0.2, 0.25) is 0 Å². The van der Waals surface area contributed by atoms with Crippen molar-refractivity contribution in [2.45, 2.75) is 39.5 Å². The van der Waals surface area contributed by atoms with Gasteiger partial charge < -0.3 is 10.6 Å². The molecule has 4 nitrogen and oxygen atoms in total. The van der Waals surface area contributed by atoms with E-state index in [1.54, 1.807) is 11.3 Å². The van der Waals surface area contributed by atoms with Gasteiger partial charge in [0.2, 0.25) is 0 Å². The zero-order valence-corrected chi connectivity index (χ0v) is 18.4. The van der Waals surface area contributed by atoms with Crippen LogP contribution in [0.4, 0.5) is 0 Å². The van der Waals surface area contributed by atoms with Crippen molar-refractivity contribution in [3.63, 3.8) is 0 Å². The Hall–Kier alpha value is -1.15. The highest BCUT2D eigenvalue weighted by molar-refractivity contribution is 14.0. The lowest BCUT2D eigenvalue weighted by Crippen LogP contribution is -2.38. The van der Waals surface area contributed by atoms with Crippen LogP contribution in [0, 0.1) is 0 Å². The minimum atomic E-state index is 0. The van der Waals surface area contributed by atoms with Crippen LogP contribution < -0.4 is 10.6 Å². The summed E-state index contributed by atoms with van der Waals surface area (Å²) in [5, 5.41) is 10.1. The van der Waals surface area contributed by atoms with Gasteiger partial charge in [0, 0.05) is 37.4 Å². The molecule has 2 N–H and O–H groups in total. The zero-order valence-electron chi connectivity index (χ0n) is 15.3. The van der Waals surface area contributed by atoms with Crippen LogP contribution in [0.5, 0.6) is 0 Å². The molecule has 0 aliphatic carbocycles. The van der Waals surface area contributed by atoms with Crippen molar-refractivity contribution < 1.29 is 0 Å². The second kappa shape index (κ2) is 12.2. The Morgan fingerprint density at radius 3 is 2.60 bits per heavy atom. The maximum Gasteiger partial charge on any atom is 0.191 e. The molecule has 2 rings (SSSR count). The topological polar surface area (TPSA) is 49.3 Å². The highest BCUT2D eigenvalue weighted by Crippen LogP contribution is 2.14. The molecule has 0 bridgehead atoms. The van der Waals surface area contributed by atoms with Gasteiger partial charge in [0.05, 0.1) is 10.7 Å². The molecule has 138 valence electrons. The van der Waals surface area contributed by atoms with Gasteiger partial charge in [0.15, 0.2) is 5.96 Å². The summed E-state index contributed by atoms with van der Waals surface area (Å²) in [5.41, 5.74) is 2.49. The lowest BCUT2D eigenvalue weighted by molar-refractivity contribution is 0.743. The number of halogens is 1. The molecule has 1 unspecified atom stereocenters. The quantitative estimate of drug-likeness (QED) is 0.344. The summed E-state index contributed by atoms with van der Waals surface area (Å²) in [6.07, 6.45) is 1.94. The Bertz CT molecular complexity index is 627. The maximum absolute atomic E-state index is 4.72. The van der Waals surface area contributed by atoms with Crippen molar-refractivity contribution >= 4 is 41.3 Å². The van der Waals surface area contributed by atoms with Crippen molar-refractivity contribution in [1.29, 1.82) is 0 Å². The number of nitrogens with one attached hydrogen (secondary N) is 2. The fourth-order valence-electron chi connectivity index (χ4n) is 2.39. The first kappa shape index (κ1) is 21.9.